The molecule has 14 nitrogen and oxygen atoms in total. The van der Waals surface area contributed by atoms with Crippen molar-refractivity contribution in [1.82, 2.24) is 39.8 Å². The summed E-state index contributed by atoms with van der Waals surface area (Å²) >= 11 is 0. The second-order valence-corrected chi connectivity index (χ2v) is 16.5. The Bertz CT molecular complexity index is 2180. The number of benzene rings is 2. The summed E-state index contributed by atoms with van der Waals surface area (Å²) < 4.78 is 31.2. The average Bonchev–Trinajstić information content (AvgIpc) is 3.96. The second kappa shape index (κ2) is 16.0. The fourth-order valence-electron chi connectivity index (χ4n) is 7.21. The lowest BCUT2D eigenvalue weighted by Crippen LogP contribution is -2.51. The largest absolute Gasteiger partial charge is 0.453 e. The van der Waals surface area contributed by atoms with Gasteiger partial charge >= 0.3 is 6.09 Å². The minimum absolute atomic E-state index is 0.117. The van der Waals surface area contributed by atoms with E-state index >= 15 is 0 Å². The van der Waals surface area contributed by atoms with Crippen LogP contribution >= 0.6 is 0 Å². The van der Waals surface area contributed by atoms with Crippen LogP contribution in [0.1, 0.15) is 88.4 Å². The third kappa shape index (κ3) is 8.61. The highest BCUT2D eigenvalue weighted by atomic mass is 32.2. The molecule has 2 aliphatic rings. The first kappa shape index (κ1) is 38.5. The van der Waals surface area contributed by atoms with Crippen molar-refractivity contribution in [1.29, 1.82) is 0 Å². The molecule has 286 valence electrons. The van der Waals surface area contributed by atoms with Crippen LogP contribution in [0, 0.1) is 23.7 Å². The third-order valence-corrected chi connectivity index (χ3v) is 10.7. The molecule has 54 heavy (non-hydrogen) atoms. The van der Waals surface area contributed by atoms with E-state index in [9.17, 15) is 22.8 Å². The van der Waals surface area contributed by atoms with Gasteiger partial charge in [0.05, 0.1) is 42.7 Å². The Kier molecular flexibility index (Phi) is 11.4. The van der Waals surface area contributed by atoms with E-state index in [0.29, 0.717) is 30.4 Å². The minimum atomic E-state index is -3.56. The molecule has 4 heterocycles. The SMILES string of the molecule is COC(=O)NC(C(=O)N1CCCC1c1ncc(C#Cc2ccc(-c3ccc4nc(C5CCCN5C(=O)C(NS(C)(=O)=O)C(C)C)[nH]c4c3)cc2)[nH]1)C(C)C. The second-order valence-electron chi connectivity index (χ2n) is 14.7. The molecule has 4 unspecified atom stereocenters. The minimum Gasteiger partial charge on any atom is -0.453 e. The average molecular weight is 757 g/mol. The van der Waals surface area contributed by atoms with Crippen LogP contribution in [0.4, 0.5) is 4.79 Å². The zero-order chi connectivity index (χ0) is 38.7. The summed E-state index contributed by atoms with van der Waals surface area (Å²) in [5.74, 6) is 6.96. The van der Waals surface area contributed by atoms with Crippen LogP contribution in [0.3, 0.4) is 0 Å². The number of hydrogen-bond acceptors (Lipinski definition) is 8. The maximum Gasteiger partial charge on any atom is 0.407 e. The maximum absolute atomic E-state index is 13.5. The summed E-state index contributed by atoms with van der Waals surface area (Å²) in [4.78, 5) is 58.5. The fourth-order valence-corrected chi connectivity index (χ4v) is 8.04. The zero-order valence-electron chi connectivity index (χ0n) is 31.5. The van der Waals surface area contributed by atoms with E-state index in [-0.39, 0.29) is 35.7 Å². The molecule has 3 amide bonds. The topological polar surface area (TPSA) is 182 Å². The van der Waals surface area contributed by atoms with E-state index in [1.807, 2.05) is 70.2 Å². The van der Waals surface area contributed by atoms with E-state index in [2.05, 4.69) is 36.8 Å². The van der Waals surface area contributed by atoms with Gasteiger partial charge < -0.3 is 29.8 Å². The molecule has 0 radical (unpaired) electrons. The van der Waals surface area contributed by atoms with Crippen molar-refractivity contribution < 1.29 is 27.5 Å². The number of alkyl carbamates (subject to hydrolysis) is 1. The molecule has 2 fully saturated rings. The van der Waals surface area contributed by atoms with Gasteiger partial charge in [-0.3, -0.25) is 9.59 Å². The number of rotatable bonds is 10. The molecule has 2 saturated heterocycles. The maximum atomic E-state index is 13.5. The number of likely N-dealkylation sites (tertiary alicyclic amines) is 2. The highest BCUT2D eigenvalue weighted by Crippen LogP contribution is 2.34. The van der Waals surface area contributed by atoms with Gasteiger partial charge in [-0.2, -0.15) is 0 Å². The van der Waals surface area contributed by atoms with E-state index in [1.54, 1.807) is 16.0 Å². The number of aromatic amines is 2. The van der Waals surface area contributed by atoms with Crippen LogP contribution < -0.4 is 10.0 Å². The quantitative estimate of drug-likeness (QED) is 0.169. The number of carbonyl (C=O) groups is 3. The number of hydrogen-bond donors (Lipinski definition) is 4. The molecular formula is C39H48N8O6S. The number of nitrogens with zero attached hydrogens (tertiary/aromatic N) is 4. The van der Waals surface area contributed by atoms with Crippen molar-refractivity contribution in [2.45, 2.75) is 77.5 Å². The summed E-state index contributed by atoms with van der Waals surface area (Å²) in [6.07, 6.45) is 5.22. The third-order valence-electron chi connectivity index (χ3n) is 10.0. The predicted molar refractivity (Wildman–Crippen MR) is 204 cm³/mol. The Morgan fingerprint density at radius 1 is 0.852 bits per heavy atom. The Labute approximate surface area is 315 Å². The number of nitrogens with one attached hydrogen (secondary N) is 4. The van der Waals surface area contributed by atoms with E-state index in [4.69, 9.17) is 9.72 Å². The number of ether oxygens (including phenoxy) is 1. The number of aromatic nitrogens is 4. The van der Waals surface area contributed by atoms with Gasteiger partial charge in [-0.05, 0) is 78.8 Å². The van der Waals surface area contributed by atoms with Crippen LogP contribution in [0.25, 0.3) is 22.2 Å². The highest BCUT2D eigenvalue weighted by molar-refractivity contribution is 7.88. The number of fused-ring (bicyclic) bond motifs is 1. The van der Waals surface area contributed by atoms with Gasteiger partial charge in [0, 0.05) is 18.7 Å². The van der Waals surface area contributed by atoms with Gasteiger partial charge in [0.15, 0.2) is 0 Å². The Hall–Kier alpha value is -5.20. The molecule has 2 aromatic carbocycles. The molecule has 6 rings (SSSR count). The highest BCUT2D eigenvalue weighted by Gasteiger charge is 2.39. The first-order valence-corrected chi connectivity index (χ1v) is 20.2. The van der Waals surface area contributed by atoms with Crippen molar-refractivity contribution in [3.05, 3.63) is 71.6 Å². The van der Waals surface area contributed by atoms with E-state index in [1.165, 1.54) is 7.11 Å². The first-order valence-electron chi connectivity index (χ1n) is 18.3. The molecule has 0 spiro atoms. The number of sulfonamides is 1. The predicted octanol–water partition coefficient (Wildman–Crippen LogP) is 4.63. The first-order chi connectivity index (χ1) is 25.7. The lowest BCUT2D eigenvalue weighted by atomic mass is 10.0. The van der Waals surface area contributed by atoms with Crippen molar-refractivity contribution in [3.8, 4) is 23.0 Å². The molecular weight excluding hydrogens is 709 g/mol. The monoisotopic (exact) mass is 756 g/mol. The summed E-state index contributed by atoms with van der Waals surface area (Å²) in [6.45, 7) is 8.54. The Morgan fingerprint density at radius 2 is 1.46 bits per heavy atom. The van der Waals surface area contributed by atoms with Crippen molar-refractivity contribution >= 4 is 39.0 Å². The zero-order valence-corrected chi connectivity index (χ0v) is 32.3. The Morgan fingerprint density at radius 3 is 2.07 bits per heavy atom. The van der Waals surface area contributed by atoms with E-state index in [0.717, 1.165) is 59.7 Å². The summed E-state index contributed by atoms with van der Waals surface area (Å²) in [5.41, 5.74) is 5.07. The van der Waals surface area contributed by atoms with Crippen LogP contribution in [0.2, 0.25) is 0 Å². The molecule has 2 aliphatic heterocycles. The van der Waals surface area contributed by atoms with Gasteiger partial charge in [0.25, 0.3) is 0 Å². The molecule has 4 N–H and O–H groups in total. The van der Waals surface area contributed by atoms with Crippen molar-refractivity contribution in [2.75, 3.05) is 26.5 Å². The fraction of sp³-hybridized carbons (Fsp3) is 0.462. The van der Waals surface area contributed by atoms with Gasteiger partial charge in [-0.25, -0.2) is 27.9 Å². The number of imidazole rings is 2. The number of H-pyrrole nitrogens is 2. The van der Waals surface area contributed by atoms with Crippen LogP contribution in [0.5, 0.6) is 0 Å². The molecule has 2 aromatic heterocycles. The summed E-state index contributed by atoms with van der Waals surface area (Å²) in [5, 5.41) is 2.67. The van der Waals surface area contributed by atoms with Crippen LogP contribution in [-0.2, 0) is 24.3 Å². The Balaban J connectivity index is 1.13. The smallest absolute Gasteiger partial charge is 0.407 e. The molecule has 0 aliphatic carbocycles. The molecule has 15 heteroatoms. The number of amides is 3. The molecule has 4 aromatic rings. The van der Waals surface area contributed by atoms with Crippen LogP contribution in [0.15, 0.2) is 48.7 Å². The lowest BCUT2D eigenvalue weighted by molar-refractivity contribution is -0.136. The van der Waals surface area contributed by atoms with Gasteiger partial charge in [0.2, 0.25) is 21.8 Å². The van der Waals surface area contributed by atoms with Crippen LogP contribution in [-0.4, -0.2) is 94.6 Å². The normalized spacial score (nSPS) is 18.5. The van der Waals surface area contributed by atoms with Crippen molar-refractivity contribution in [3.63, 3.8) is 0 Å². The standard InChI is InChI=1S/C39H48N8O6S/c1-23(2)33(44-39(50)53-5)37(48)46-19-7-9-31(46)35-40-22-28(41-35)17-13-25-11-14-26(15-12-25)27-16-18-29-30(21-27)43-36(42-29)32-10-8-20-47(32)38(49)34(24(3)4)45-54(6,51)52/h11-12,14-16,18,21-24,31-34,45H,7-10,19-20H2,1-6H3,(H,40,41)(H,42,43)(H,44,50). The summed E-state index contributed by atoms with van der Waals surface area (Å²) in [7, 11) is -2.29. The number of carbonyl (C=O) groups excluding carboxylic acids is 3. The summed E-state index contributed by atoms with van der Waals surface area (Å²) in [6, 6.07) is 11.9. The number of methoxy groups -OCH3 is 1. The molecule has 0 saturated carbocycles. The van der Waals surface area contributed by atoms with Gasteiger partial charge in [-0.15, -0.1) is 0 Å². The molecule has 0 bridgehead atoms. The van der Waals surface area contributed by atoms with Gasteiger partial charge in [-0.1, -0.05) is 51.8 Å². The lowest BCUT2D eigenvalue weighted by Gasteiger charge is -2.29. The van der Waals surface area contributed by atoms with Gasteiger partial charge in [0.1, 0.15) is 29.4 Å². The van der Waals surface area contributed by atoms with E-state index < -0.39 is 28.2 Å². The van der Waals surface area contributed by atoms with Crippen molar-refractivity contribution in [2.24, 2.45) is 11.8 Å². The molecule has 4 atom stereocenters.